The molecule has 2 heterocycles. The Kier molecular flexibility index (Phi) is 3.99. The first-order chi connectivity index (χ1) is 6.00. The van der Waals surface area contributed by atoms with Crippen molar-refractivity contribution in [2.75, 3.05) is 0 Å². The Balaban J connectivity index is 0.000000120. The second-order valence-corrected chi connectivity index (χ2v) is 1.72. The zero-order valence-corrected chi connectivity index (χ0v) is 6.28. The summed E-state index contributed by atoms with van der Waals surface area (Å²) in [6.07, 6.45) is 8.03. The molecule has 0 aliphatic heterocycles. The summed E-state index contributed by atoms with van der Waals surface area (Å²) in [6.45, 7) is 0. The van der Waals surface area contributed by atoms with Crippen molar-refractivity contribution in [3.63, 3.8) is 0 Å². The lowest BCUT2D eigenvalue weighted by Crippen LogP contribution is -1.78. The van der Waals surface area contributed by atoms with Crippen LogP contribution in [0, 0.1) is 0 Å². The van der Waals surface area contributed by atoms with E-state index >= 15 is 0 Å². The molecule has 0 aliphatic rings. The first kappa shape index (κ1) is 8.19. The predicted octanol–water partition coefficient (Wildman–Crippen LogP) is 0.348. The Hall–Kier alpha value is -1.91. The van der Waals surface area contributed by atoms with Gasteiger partial charge in [0.05, 0.1) is 12.4 Å². The van der Waals surface area contributed by atoms with Crippen molar-refractivity contribution >= 4 is 0 Å². The molecule has 0 saturated carbocycles. The zero-order valence-electron chi connectivity index (χ0n) is 6.28. The lowest BCUT2D eigenvalue weighted by molar-refractivity contribution is 0.865. The van der Waals surface area contributed by atoms with Gasteiger partial charge in [0.15, 0.2) is 0 Å². The van der Waals surface area contributed by atoms with Gasteiger partial charge in [-0.25, -0.2) is 9.97 Å². The van der Waals surface area contributed by atoms with E-state index in [1.807, 2.05) is 0 Å². The van der Waals surface area contributed by atoms with Crippen molar-refractivity contribution in [3.8, 4) is 0 Å². The maximum Gasteiger partial charge on any atom is 0.115 e. The Morgan fingerprint density at radius 2 is 1.25 bits per heavy atom. The van der Waals surface area contributed by atoms with E-state index in [2.05, 4.69) is 25.4 Å². The Morgan fingerprint density at radius 3 is 1.42 bits per heavy atom. The van der Waals surface area contributed by atoms with Crippen LogP contribution in [0.3, 0.4) is 0 Å². The Labute approximate surface area is 69.5 Å². The van der Waals surface area contributed by atoms with Crippen LogP contribution in [0.2, 0.25) is 0 Å². The lowest BCUT2D eigenvalue weighted by atomic mass is 10.7. The van der Waals surface area contributed by atoms with Crippen LogP contribution < -0.4 is 0 Å². The molecule has 0 radical (unpaired) electrons. The van der Waals surface area contributed by atoms with Gasteiger partial charge in [0.2, 0.25) is 0 Å². The second kappa shape index (κ2) is 5.84. The van der Waals surface area contributed by atoms with Crippen molar-refractivity contribution in [1.29, 1.82) is 0 Å². The van der Waals surface area contributed by atoms with Crippen LogP contribution in [0.1, 0.15) is 0 Å². The Morgan fingerprint density at radius 1 is 0.667 bits per heavy atom. The molecular formula is C7H7N5. The van der Waals surface area contributed by atoms with E-state index in [-0.39, 0.29) is 0 Å². The lowest BCUT2D eigenvalue weighted by Gasteiger charge is -1.70. The zero-order chi connectivity index (χ0) is 8.49. The fourth-order valence-corrected chi connectivity index (χ4v) is 0.458. The molecule has 0 aromatic carbocycles. The largest absolute Gasteiger partial charge is 0.245 e. The molecule has 5 heteroatoms. The van der Waals surface area contributed by atoms with Gasteiger partial charge in [-0.15, -0.1) is 10.2 Å². The molecule has 0 bridgehead atoms. The smallest absolute Gasteiger partial charge is 0.115 e. The molecule has 0 spiro atoms. The molecule has 5 nitrogen and oxygen atoms in total. The van der Waals surface area contributed by atoms with E-state index in [9.17, 15) is 0 Å². The molecule has 0 aliphatic carbocycles. The molecule has 0 amide bonds. The molecule has 2 aromatic rings. The fraction of sp³-hybridized carbons (Fsp3) is 0. The molecule has 0 unspecified atom stereocenters. The number of hydrogen-bond acceptors (Lipinski definition) is 5. The molecule has 0 atom stereocenters. The molecule has 0 fully saturated rings. The maximum atomic E-state index is 3.67. The highest BCUT2D eigenvalue weighted by molar-refractivity contribution is 4.74. The summed E-state index contributed by atoms with van der Waals surface area (Å²) in [6, 6.07) is 3.49. The van der Waals surface area contributed by atoms with Crippen LogP contribution in [0.5, 0.6) is 0 Å². The molecule has 60 valence electrons. The van der Waals surface area contributed by atoms with Gasteiger partial charge in [0, 0.05) is 12.4 Å². The topological polar surface area (TPSA) is 64.5 Å². The minimum absolute atomic E-state index is 1.50. The van der Waals surface area contributed by atoms with Crippen molar-refractivity contribution in [2.45, 2.75) is 0 Å². The third-order valence-electron chi connectivity index (χ3n) is 0.886. The minimum atomic E-state index is 1.50. The molecule has 0 N–H and O–H groups in total. The number of nitrogens with zero attached hydrogens (tertiary/aromatic N) is 5. The fourth-order valence-electron chi connectivity index (χ4n) is 0.458. The van der Waals surface area contributed by atoms with Crippen molar-refractivity contribution in [3.05, 3.63) is 43.2 Å². The third-order valence-corrected chi connectivity index (χ3v) is 0.886. The second-order valence-electron chi connectivity index (χ2n) is 1.72. The number of rotatable bonds is 0. The Bertz CT molecular complexity index is 187. The summed E-state index contributed by atoms with van der Waals surface area (Å²) < 4.78 is 0. The summed E-state index contributed by atoms with van der Waals surface area (Å²) in [5.74, 6) is 0. The van der Waals surface area contributed by atoms with Gasteiger partial charge in [0.25, 0.3) is 0 Å². The highest BCUT2D eigenvalue weighted by Gasteiger charge is 1.60. The van der Waals surface area contributed by atoms with Crippen LogP contribution in [-0.2, 0) is 0 Å². The van der Waals surface area contributed by atoms with Crippen molar-refractivity contribution < 1.29 is 0 Å². The average molecular weight is 161 g/mol. The van der Waals surface area contributed by atoms with Crippen LogP contribution in [0.4, 0.5) is 0 Å². The van der Waals surface area contributed by atoms with Gasteiger partial charge < -0.3 is 0 Å². The van der Waals surface area contributed by atoms with Crippen molar-refractivity contribution in [1.82, 2.24) is 25.4 Å². The number of hydrogen-bond donors (Lipinski definition) is 0. The van der Waals surface area contributed by atoms with Crippen LogP contribution in [-0.4, -0.2) is 25.4 Å². The summed E-state index contributed by atoms with van der Waals surface area (Å²) in [4.78, 5) is 7.35. The normalized spacial score (nSPS) is 8.00. The molecule has 2 rings (SSSR count). The highest BCUT2D eigenvalue weighted by atomic mass is 15.3. The standard InChI is InChI=1S/C4H4N2.C3H3N3/c1-2-5-4-6-3-1;1-2-4-6-5-3-1/h1-4H;1-3H. The number of aromatic nitrogens is 5. The van der Waals surface area contributed by atoms with Gasteiger partial charge in [-0.2, -0.15) is 0 Å². The monoisotopic (exact) mass is 161 g/mol. The first-order valence-corrected chi connectivity index (χ1v) is 3.28. The maximum absolute atomic E-state index is 3.67. The summed E-state index contributed by atoms with van der Waals surface area (Å²) in [5, 5.41) is 10.1. The van der Waals surface area contributed by atoms with E-state index in [1.54, 1.807) is 36.9 Å². The van der Waals surface area contributed by atoms with Gasteiger partial charge in [-0.1, -0.05) is 0 Å². The van der Waals surface area contributed by atoms with Crippen molar-refractivity contribution in [2.24, 2.45) is 0 Å². The van der Waals surface area contributed by atoms with E-state index in [4.69, 9.17) is 0 Å². The SMILES string of the molecule is c1cncnc1.c1cnnnc1. The van der Waals surface area contributed by atoms with Gasteiger partial charge in [0.1, 0.15) is 6.33 Å². The van der Waals surface area contributed by atoms with E-state index < -0.39 is 0 Å². The van der Waals surface area contributed by atoms with E-state index in [0.29, 0.717) is 0 Å². The predicted molar refractivity (Wildman–Crippen MR) is 41.9 cm³/mol. The van der Waals surface area contributed by atoms with Crippen LogP contribution in [0.25, 0.3) is 0 Å². The third kappa shape index (κ3) is 3.99. The van der Waals surface area contributed by atoms with E-state index in [1.165, 1.54) is 6.33 Å². The molecular weight excluding hydrogens is 154 g/mol. The van der Waals surface area contributed by atoms with Gasteiger partial charge in [-0.3, -0.25) is 0 Å². The average Bonchev–Trinajstić information content (AvgIpc) is 2.24. The summed E-state index contributed by atoms with van der Waals surface area (Å²) in [7, 11) is 0. The quantitative estimate of drug-likeness (QED) is 0.557. The van der Waals surface area contributed by atoms with Crippen LogP contribution >= 0.6 is 0 Å². The summed E-state index contributed by atoms with van der Waals surface area (Å²) in [5.41, 5.74) is 0. The van der Waals surface area contributed by atoms with Gasteiger partial charge >= 0.3 is 0 Å². The molecule has 12 heavy (non-hydrogen) atoms. The van der Waals surface area contributed by atoms with Crippen LogP contribution in [0.15, 0.2) is 43.2 Å². The van der Waals surface area contributed by atoms with E-state index in [0.717, 1.165) is 0 Å². The van der Waals surface area contributed by atoms with Gasteiger partial charge in [-0.05, 0) is 17.3 Å². The summed E-state index contributed by atoms with van der Waals surface area (Å²) >= 11 is 0. The minimum Gasteiger partial charge on any atom is -0.245 e. The highest BCUT2D eigenvalue weighted by Crippen LogP contribution is 1.66. The molecule has 0 saturated heterocycles. The molecule has 2 aromatic heterocycles. The first-order valence-electron chi connectivity index (χ1n) is 3.28.